The number of aromatic hydroxyl groups is 1. The maximum Gasteiger partial charge on any atom is 0.251 e. The van der Waals surface area contributed by atoms with Crippen LogP contribution in [0.3, 0.4) is 0 Å². The summed E-state index contributed by atoms with van der Waals surface area (Å²) in [6.45, 7) is 7.96. The van der Waals surface area contributed by atoms with Crippen molar-refractivity contribution in [3.8, 4) is 5.75 Å². The minimum absolute atomic E-state index is 0. The molecule has 8 heteroatoms. The highest BCUT2D eigenvalue weighted by Crippen LogP contribution is 2.16. The summed E-state index contributed by atoms with van der Waals surface area (Å²) < 4.78 is 0. The lowest BCUT2D eigenvalue weighted by atomic mass is 10.2. The van der Waals surface area contributed by atoms with Gasteiger partial charge in [0.05, 0.1) is 6.54 Å². The van der Waals surface area contributed by atoms with Crippen LogP contribution in [0.25, 0.3) is 0 Å². The van der Waals surface area contributed by atoms with E-state index in [0.717, 1.165) is 18.9 Å². The highest BCUT2D eigenvalue weighted by molar-refractivity contribution is 14.0. The minimum atomic E-state index is -0.176. The molecule has 2 aromatic rings. The van der Waals surface area contributed by atoms with Gasteiger partial charge in [-0.25, -0.2) is 0 Å². The average Bonchev–Trinajstić information content (AvgIpc) is 3.03. The van der Waals surface area contributed by atoms with Gasteiger partial charge < -0.3 is 21.1 Å². The van der Waals surface area contributed by atoms with Gasteiger partial charge in [-0.3, -0.25) is 9.79 Å². The smallest absolute Gasteiger partial charge is 0.251 e. The molecular formula is C20H29IN4O2S. The Labute approximate surface area is 187 Å². The summed E-state index contributed by atoms with van der Waals surface area (Å²) in [5.41, 5.74) is 0.515. The van der Waals surface area contributed by atoms with E-state index < -0.39 is 0 Å². The number of nitrogens with one attached hydrogen (secondary N) is 3. The Morgan fingerprint density at radius 1 is 1.18 bits per heavy atom. The number of aryl methyl sites for hydroxylation is 1. The molecule has 6 nitrogen and oxygen atoms in total. The van der Waals surface area contributed by atoms with E-state index in [4.69, 9.17) is 0 Å². The summed E-state index contributed by atoms with van der Waals surface area (Å²) in [5.74, 6) is 0.714. The summed E-state index contributed by atoms with van der Waals surface area (Å²) in [4.78, 5) is 19.2. The second kappa shape index (κ2) is 12.6. The number of hydrogen-bond acceptors (Lipinski definition) is 4. The van der Waals surface area contributed by atoms with Crippen molar-refractivity contribution >= 4 is 47.2 Å². The van der Waals surface area contributed by atoms with Crippen molar-refractivity contribution in [3.05, 3.63) is 51.7 Å². The fourth-order valence-electron chi connectivity index (χ4n) is 2.55. The number of guanidine groups is 1. The van der Waals surface area contributed by atoms with Crippen LogP contribution in [0.4, 0.5) is 0 Å². The first-order valence-electron chi connectivity index (χ1n) is 9.15. The predicted molar refractivity (Wildman–Crippen MR) is 127 cm³/mol. The van der Waals surface area contributed by atoms with E-state index in [-0.39, 0.29) is 41.7 Å². The van der Waals surface area contributed by atoms with E-state index in [9.17, 15) is 9.90 Å². The summed E-state index contributed by atoms with van der Waals surface area (Å²) in [6.07, 6.45) is 0.945. The van der Waals surface area contributed by atoms with E-state index >= 15 is 0 Å². The van der Waals surface area contributed by atoms with Crippen LogP contribution in [0.5, 0.6) is 5.75 Å². The van der Waals surface area contributed by atoms with Crippen molar-refractivity contribution in [2.45, 2.75) is 33.2 Å². The van der Waals surface area contributed by atoms with Crippen LogP contribution >= 0.6 is 35.3 Å². The first-order valence-corrected chi connectivity index (χ1v) is 9.97. The molecule has 4 N–H and O–H groups in total. The SMILES string of the molecule is CCNC(=NCCNC(=O)c1ccc(O)cc1)NC(C)Cc1ccc(C)s1.I. The number of carbonyl (C=O) groups is 1. The van der Waals surface area contributed by atoms with Gasteiger partial charge in [-0.2, -0.15) is 0 Å². The van der Waals surface area contributed by atoms with Crippen LogP contribution in [0.2, 0.25) is 0 Å². The molecule has 0 radical (unpaired) electrons. The minimum Gasteiger partial charge on any atom is -0.508 e. The Balaban J connectivity index is 0.00000392. The van der Waals surface area contributed by atoms with Gasteiger partial charge in [-0.1, -0.05) is 0 Å². The monoisotopic (exact) mass is 516 g/mol. The number of halogens is 1. The van der Waals surface area contributed by atoms with Gasteiger partial charge in [0, 0.05) is 40.9 Å². The third-order valence-corrected chi connectivity index (χ3v) is 4.85. The second-order valence-corrected chi connectivity index (χ2v) is 7.70. The molecule has 1 atom stereocenters. The van der Waals surface area contributed by atoms with E-state index in [1.165, 1.54) is 21.9 Å². The van der Waals surface area contributed by atoms with Crippen molar-refractivity contribution in [3.63, 3.8) is 0 Å². The lowest BCUT2D eigenvalue weighted by Crippen LogP contribution is -2.43. The van der Waals surface area contributed by atoms with Crippen LogP contribution < -0.4 is 16.0 Å². The van der Waals surface area contributed by atoms with E-state index in [1.807, 2.05) is 18.3 Å². The lowest BCUT2D eigenvalue weighted by molar-refractivity contribution is 0.0955. The highest BCUT2D eigenvalue weighted by atomic mass is 127. The molecule has 0 aliphatic rings. The third-order valence-electron chi connectivity index (χ3n) is 3.83. The summed E-state index contributed by atoms with van der Waals surface area (Å²) >= 11 is 1.82. The van der Waals surface area contributed by atoms with E-state index in [2.05, 4.69) is 46.9 Å². The number of hydrogen-bond donors (Lipinski definition) is 4. The van der Waals surface area contributed by atoms with Crippen molar-refractivity contribution in [1.82, 2.24) is 16.0 Å². The molecule has 0 bridgehead atoms. The number of amides is 1. The number of thiophene rings is 1. The van der Waals surface area contributed by atoms with Gasteiger partial charge in [-0.05, 0) is 57.2 Å². The number of aliphatic imine (C=N–C) groups is 1. The van der Waals surface area contributed by atoms with Gasteiger partial charge in [0.25, 0.3) is 5.91 Å². The molecule has 1 amide bonds. The molecular weight excluding hydrogens is 487 g/mol. The second-order valence-electron chi connectivity index (χ2n) is 6.33. The standard InChI is InChI=1S/C20H28N4O2S.HI/c1-4-21-20(24-14(2)13-18-10-5-15(3)27-18)23-12-11-22-19(26)16-6-8-17(25)9-7-16;/h5-10,14,25H,4,11-13H2,1-3H3,(H,22,26)(H2,21,23,24);1H. The topological polar surface area (TPSA) is 85.8 Å². The van der Waals surface area contributed by atoms with Gasteiger partial charge in [0.1, 0.15) is 5.75 Å². The molecule has 0 aliphatic heterocycles. The highest BCUT2D eigenvalue weighted by Gasteiger charge is 2.08. The normalized spacial score (nSPS) is 12.0. The summed E-state index contributed by atoms with van der Waals surface area (Å²) in [5, 5.41) is 18.7. The van der Waals surface area contributed by atoms with Crippen molar-refractivity contribution in [2.24, 2.45) is 4.99 Å². The van der Waals surface area contributed by atoms with E-state index in [1.54, 1.807) is 12.1 Å². The number of rotatable bonds is 8. The summed E-state index contributed by atoms with van der Waals surface area (Å²) in [6, 6.07) is 10.7. The molecule has 2 rings (SSSR count). The Kier molecular flexibility index (Phi) is 10.9. The quantitative estimate of drug-likeness (QED) is 0.188. The molecule has 154 valence electrons. The van der Waals surface area contributed by atoms with E-state index in [0.29, 0.717) is 18.7 Å². The molecule has 0 fully saturated rings. The van der Waals surface area contributed by atoms with Crippen molar-refractivity contribution < 1.29 is 9.90 Å². The van der Waals surface area contributed by atoms with Crippen LogP contribution in [0, 0.1) is 6.92 Å². The number of carbonyl (C=O) groups excluding carboxylic acids is 1. The molecule has 28 heavy (non-hydrogen) atoms. The Bertz CT molecular complexity index is 762. The molecule has 1 aromatic carbocycles. The molecule has 0 saturated carbocycles. The van der Waals surface area contributed by atoms with Crippen LogP contribution in [-0.4, -0.2) is 42.6 Å². The molecule has 0 aliphatic carbocycles. The number of benzene rings is 1. The Hall–Kier alpha value is -1.81. The fourth-order valence-corrected chi connectivity index (χ4v) is 3.57. The summed E-state index contributed by atoms with van der Waals surface area (Å²) in [7, 11) is 0. The molecule has 0 spiro atoms. The van der Waals surface area contributed by atoms with Crippen LogP contribution in [0.1, 0.15) is 34.0 Å². The third kappa shape index (κ3) is 8.47. The molecule has 0 saturated heterocycles. The molecule has 1 aromatic heterocycles. The zero-order chi connectivity index (χ0) is 19.6. The van der Waals surface area contributed by atoms with Gasteiger partial charge >= 0.3 is 0 Å². The lowest BCUT2D eigenvalue weighted by Gasteiger charge is -2.17. The zero-order valence-electron chi connectivity index (χ0n) is 16.5. The maximum absolute atomic E-state index is 12.0. The largest absolute Gasteiger partial charge is 0.508 e. The van der Waals surface area contributed by atoms with Gasteiger partial charge in [0.2, 0.25) is 0 Å². The number of phenols is 1. The zero-order valence-corrected chi connectivity index (χ0v) is 19.6. The number of nitrogens with zero attached hydrogens (tertiary/aromatic N) is 1. The Morgan fingerprint density at radius 2 is 1.89 bits per heavy atom. The Morgan fingerprint density at radius 3 is 2.50 bits per heavy atom. The fraction of sp³-hybridized carbons (Fsp3) is 0.400. The molecule has 1 unspecified atom stereocenters. The van der Waals surface area contributed by atoms with Crippen molar-refractivity contribution in [1.29, 1.82) is 0 Å². The number of phenolic OH excluding ortho intramolecular Hbond substituents is 1. The maximum atomic E-state index is 12.0. The first kappa shape index (κ1) is 24.2. The predicted octanol–water partition coefficient (Wildman–Crippen LogP) is 3.30. The molecule has 1 heterocycles. The van der Waals surface area contributed by atoms with Crippen LogP contribution in [0.15, 0.2) is 41.4 Å². The first-order chi connectivity index (χ1) is 13.0. The van der Waals surface area contributed by atoms with Gasteiger partial charge in [-0.15, -0.1) is 35.3 Å². The van der Waals surface area contributed by atoms with Gasteiger partial charge in [0.15, 0.2) is 5.96 Å². The van der Waals surface area contributed by atoms with Crippen molar-refractivity contribution in [2.75, 3.05) is 19.6 Å². The van der Waals surface area contributed by atoms with Crippen LogP contribution in [-0.2, 0) is 6.42 Å². The average molecular weight is 516 g/mol.